The second-order valence-electron chi connectivity index (χ2n) is 11.4. The molecule has 1 aliphatic rings. The summed E-state index contributed by atoms with van der Waals surface area (Å²) in [6.45, 7) is 5.94. The number of nitrogens with zero attached hydrogens (tertiary/aromatic N) is 4. The van der Waals surface area contributed by atoms with Crippen LogP contribution in [-0.2, 0) is 17.5 Å². The first kappa shape index (κ1) is 31.9. The molecule has 1 amide bonds. The van der Waals surface area contributed by atoms with Crippen LogP contribution >= 0.6 is 0 Å². The zero-order valence-electron chi connectivity index (χ0n) is 25.2. The number of nitrogens with one attached hydrogen (secondary N) is 2. The molecule has 0 saturated heterocycles. The third-order valence-corrected chi connectivity index (χ3v) is 7.64. The number of alkyl halides is 3. The lowest BCUT2D eigenvalue weighted by atomic mass is 10.0. The van der Waals surface area contributed by atoms with Crippen molar-refractivity contribution in [2.75, 3.05) is 31.5 Å². The Balaban J connectivity index is 1.30. The van der Waals surface area contributed by atoms with Crippen molar-refractivity contribution in [1.29, 1.82) is 0 Å². The number of imidazole rings is 1. The number of hydrogen-bond donors (Lipinski definition) is 2. The van der Waals surface area contributed by atoms with Gasteiger partial charge in [0.05, 0.1) is 11.8 Å². The van der Waals surface area contributed by atoms with E-state index < -0.39 is 17.6 Å². The predicted octanol–water partition coefficient (Wildman–Crippen LogP) is 5.49. The Bertz CT molecular complexity index is 1750. The van der Waals surface area contributed by atoms with Gasteiger partial charge in [-0.2, -0.15) is 18.3 Å². The highest BCUT2D eigenvalue weighted by molar-refractivity contribution is 6.04. The summed E-state index contributed by atoms with van der Waals surface area (Å²) in [6, 6.07) is 12.5. The fourth-order valence-electron chi connectivity index (χ4n) is 4.97. The van der Waals surface area contributed by atoms with E-state index in [1.807, 2.05) is 17.9 Å². The number of halogens is 3. The lowest BCUT2D eigenvalue weighted by molar-refractivity contribution is -0.138. The van der Waals surface area contributed by atoms with Crippen LogP contribution in [0.2, 0.25) is 0 Å². The van der Waals surface area contributed by atoms with Gasteiger partial charge in [-0.3, -0.25) is 14.5 Å². The normalized spacial score (nSPS) is 13.1. The molecule has 1 fully saturated rings. The summed E-state index contributed by atoms with van der Waals surface area (Å²) in [5, 5.41) is 10.1. The Hall–Kier alpha value is -4.53. The second-order valence-corrected chi connectivity index (χ2v) is 11.4. The molecular weight excluding hydrogens is 581 g/mol. The fourth-order valence-corrected chi connectivity index (χ4v) is 4.97. The van der Waals surface area contributed by atoms with E-state index in [-0.39, 0.29) is 29.1 Å². The van der Waals surface area contributed by atoms with Crippen LogP contribution in [0.5, 0.6) is 0 Å². The molecule has 11 heteroatoms. The highest BCUT2D eigenvalue weighted by Gasteiger charge is 2.34. The van der Waals surface area contributed by atoms with E-state index in [4.69, 9.17) is 0 Å². The smallest absolute Gasteiger partial charge is 0.322 e. The minimum Gasteiger partial charge on any atom is -0.322 e. The average Bonchev–Trinajstić information content (AvgIpc) is 3.72. The van der Waals surface area contributed by atoms with Gasteiger partial charge in [0.15, 0.2) is 5.65 Å². The molecule has 1 aliphatic carbocycles. The quantitative estimate of drug-likeness (QED) is 0.162. The van der Waals surface area contributed by atoms with Crippen molar-refractivity contribution in [2.24, 2.45) is 5.92 Å². The Labute approximate surface area is 260 Å². The fraction of sp³-hybridized carbons (Fsp3) is 0.353. The predicted molar refractivity (Wildman–Crippen MR) is 166 cm³/mol. The van der Waals surface area contributed by atoms with Crippen LogP contribution in [0, 0.1) is 24.7 Å². The van der Waals surface area contributed by atoms with Gasteiger partial charge in [-0.25, -0.2) is 9.50 Å². The summed E-state index contributed by atoms with van der Waals surface area (Å²) in [4.78, 5) is 30.6. The number of carbonyl (C=O) groups excluding carboxylic acids is 2. The van der Waals surface area contributed by atoms with Crippen molar-refractivity contribution in [2.45, 2.75) is 45.8 Å². The van der Waals surface area contributed by atoms with Gasteiger partial charge in [0.2, 0.25) is 0 Å². The SMILES string of the molecule is CC(=O)CCNCCN(Cc1ccc(NC(=O)c2ccc(C)c(C#Cc3cnc4cccnn34)c2)cc1C(F)(F)F)CC1CC1. The summed E-state index contributed by atoms with van der Waals surface area (Å²) >= 11 is 0. The molecule has 0 radical (unpaired) electrons. The first-order valence-corrected chi connectivity index (χ1v) is 14.9. The van der Waals surface area contributed by atoms with Gasteiger partial charge in [-0.1, -0.05) is 18.1 Å². The van der Waals surface area contributed by atoms with Crippen molar-refractivity contribution in [3.05, 3.63) is 94.4 Å². The van der Waals surface area contributed by atoms with Gasteiger partial charge < -0.3 is 10.6 Å². The molecule has 0 atom stereocenters. The Morgan fingerprint density at radius 1 is 1.09 bits per heavy atom. The van der Waals surface area contributed by atoms with Gasteiger partial charge >= 0.3 is 6.18 Å². The highest BCUT2D eigenvalue weighted by Crippen LogP contribution is 2.36. The van der Waals surface area contributed by atoms with Crippen LogP contribution in [0.1, 0.15) is 64.5 Å². The number of ketones is 1. The number of anilines is 1. The van der Waals surface area contributed by atoms with Gasteiger partial charge in [0.1, 0.15) is 11.5 Å². The summed E-state index contributed by atoms with van der Waals surface area (Å²) in [5.41, 5.74) is 2.39. The first-order valence-electron chi connectivity index (χ1n) is 14.9. The number of hydrogen-bond acceptors (Lipinski definition) is 6. The topological polar surface area (TPSA) is 91.6 Å². The van der Waals surface area contributed by atoms with Crippen LogP contribution < -0.4 is 10.6 Å². The number of Topliss-reactive ketones (excluding diaryl/α,β-unsaturated/α-hetero) is 1. The largest absolute Gasteiger partial charge is 0.416 e. The standard InChI is InChI=1S/C34H35F3N6O2/c1-23-5-8-27(18-26(23)10-12-30-20-39-32-4-3-14-40-43(30)32)33(45)41-29-11-9-28(31(19-29)34(35,36)37)22-42(21-25-6-7-25)17-16-38-15-13-24(2)44/h3-5,8-9,11,14,18-20,25,38H,6-7,13,15-17,21-22H2,1-2H3,(H,41,45). The molecule has 2 aromatic carbocycles. The number of carbonyl (C=O) groups is 2. The number of aromatic nitrogens is 3. The summed E-state index contributed by atoms with van der Waals surface area (Å²) in [5.74, 6) is 6.14. The molecule has 2 aromatic heterocycles. The maximum atomic E-state index is 14.2. The van der Waals surface area contributed by atoms with Crippen LogP contribution in [-0.4, -0.2) is 57.4 Å². The summed E-state index contributed by atoms with van der Waals surface area (Å²) in [6.07, 6.45) is 1.23. The molecular formula is C34H35F3N6O2. The lowest BCUT2D eigenvalue weighted by Gasteiger charge is -2.25. The Kier molecular flexibility index (Phi) is 9.96. The zero-order valence-corrected chi connectivity index (χ0v) is 25.2. The van der Waals surface area contributed by atoms with E-state index in [9.17, 15) is 22.8 Å². The van der Waals surface area contributed by atoms with Crippen molar-refractivity contribution in [3.63, 3.8) is 0 Å². The van der Waals surface area contributed by atoms with E-state index in [1.165, 1.54) is 19.1 Å². The van der Waals surface area contributed by atoms with Gasteiger partial charge in [-0.05, 0) is 86.1 Å². The van der Waals surface area contributed by atoms with E-state index >= 15 is 0 Å². The van der Waals surface area contributed by atoms with Gasteiger partial charge in [-0.15, -0.1) is 0 Å². The molecule has 0 unspecified atom stereocenters. The Morgan fingerprint density at radius 2 is 1.91 bits per heavy atom. The van der Waals surface area contributed by atoms with Crippen LogP contribution in [0.15, 0.2) is 60.9 Å². The molecule has 2 heterocycles. The molecule has 4 aromatic rings. The molecule has 5 rings (SSSR count). The second kappa shape index (κ2) is 14.1. The van der Waals surface area contributed by atoms with E-state index in [1.54, 1.807) is 41.2 Å². The molecule has 1 saturated carbocycles. The van der Waals surface area contributed by atoms with Crippen LogP contribution in [0.25, 0.3) is 5.65 Å². The van der Waals surface area contributed by atoms with Crippen LogP contribution in [0.4, 0.5) is 18.9 Å². The number of fused-ring (bicyclic) bond motifs is 1. The maximum Gasteiger partial charge on any atom is 0.416 e. The molecule has 2 N–H and O–H groups in total. The third-order valence-electron chi connectivity index (χ3n) is 7.64. The molecule has 234 valence electrons. The van der Waals surface area contributed by atoms with E-state index in [0.29, 0.717) is 48.9 Å². The third kappa shape index (κ3) is 8.77. The van der Waals surface area contributed by atoms with E-state index in [2.05, 4.69) is 32.6 Å². The first-order chi connectivity index (χ1) is 21.6. The number of rotatable bonds is 12. The van der Waals surface area contributed by atoms with Crippen LogP contribution in [0.3, 0.4) is 0 Å². The van der Waals surface area contributed by atoms with Crippen molar-refractivity contribution in [3.8, 4) is 11.8 Å². The number of amides is 1. The number of aryl methyl sites for hydroxylation is 1. The number of benzene rings is 2. The van der Waals surface area contributed by atoms with Crippen molar-refractivity contribution < 1.29 is 22.8 Å². The molecule has 45 heavy (non-hydrogen) atoms. The highest BCUT2D eigenvalue weighted by atomic mass is 19.4. The lowest BCUT2D eigenvalue weighted by Crippen LogP contribution is -2.34. The molecule has 0 bridgehead atoms. The maximum absolute atomic E-state index is 14.2. The Morgan fingerprint density at radius 3 is 2.67 bits per heavy atom. The van der Waals surface area contributed by atoms with E-state index in [0.717, 1.165) is 31.0 Å². The van der Waals surface area contributed by atoms with Gasteiger partial charge in [0, 0.05) is 62.2 Å². The molecule has 0 spiro atoms. The monoisotopic (exact) mass is 616 g/mol. The van der Waals surface area contributed by atoms with Crippen molar-refractivity contribution >= 4 is 23.0 Å². The zero-order chi connectivity index (χ0) is 32.0. The van der Waals surface area contributed by atoms with Gasteiger partial charge in [0.25, 0.3) is 5.91 Å². The summed E-state index contributed by atoms with van der Waals surface area (Å²) in [7, 11) is 0. The van der Waals surface area contributed by atoms with Crippen molar-refractivity contribution in [1.82, 2.24) is 24.8 Å². The molecule has 0 aliphatic heterocycles. The summed E-state index contributed by atoms with van der Waals surface area (Å²) < 4.78 is 44.3. The average molecular weight is 617 g/mol. The minimum atomic E-state index is -4.60. The minimum absolute atomic E-state index is 0.0562. The molecule has 8 nitrogen and oxygen atoms in total.